The number of nitrogens with zero attached hydrogens (tertiary/aromatic N) is 2. The van der Waals surface area contributed by atoms with Crippen molar-refractivity contribution in [3.63, 3.8) is 0 Å². The summed E-state index contributed by atoms with van der Waals surface area (Å²) >= 11 is 1.79. The van der Waals surface area contributed by atoms with Crippen LogP contribution in [0.15, 0.2) is 0 Å². The van der Waals surface area contributed by atoms with Crippen LogP contribution in [0.1, 0.15) is 62.9 Å². The van der Waals surface area contributed by atoms with Gasteiger partial charge in [0.15, 0.2) is 0 Å². The number of aromatic nitrogens is 2. The Kier molecular flexibility index (Phi) is 3.83. The van der Waals surface area contributed by atoms with Gasteiger partial charge in [0.1, 0.15) is 10.0 Å². The molecule has 1 aromatic rings. The molecule has 1 heterocycles. The molecule has 1 atom stereocenters. The van der Waals surface area contributed by atoms with Gasteiger partial charge in [-0.3, -0.25) is 0 Å². The Morgan fingerprint density at radius 1 is 1.41 bits per heavy atom. The summed E-state index contributed by atoms with van der Waals surface area (Å²) in [6, 6.07) is 0.505. The van der Waals surface area contributed by atoms with Crippen molar-refractivity contribution >= 4 is 11.3 Å². The Balaban J connectivity index is 2.03. The standard InChI is InChI=1S/C13H23N3S/c1-9(2)14-8-11-15-16-12(17-11)10-6-5-7-13(10,3)4/h9-10,14H,5-8H2,1-4H3. The lowest BCUT2D eigenvalue weighted by molar-refractivity contribution is 0.330. The third kappa shape index (κ3) is 3.05. The molecule has 0 amide bonds. The van der Waals surface area contributed by atoms with Gasteiger partial charge in [-0.05, 0) is 18.3 Å². The van der Waals surface area contributed by atoms with Crippen LogP contribution in [0.25, 0.3) is 0 Å². The molecule has 4 heteroatoms. The van der Waals surface area contributed by atoms with E-state index in [1.807, 2.05) is 0 Å². The van der Waals surface area contributed by atoms with Crippen LogP contribution in [-0.2, 0) is 6.54 Å². The molecule has 1 aliphatic carbocycles. The maximum Gasteiger partial charge on any atom is 0.131 e. The lowest BCUT2D eigenvalue weighted by atomic mass is 9.82. The van der Waals surface area contributed by atoms with Crippen molar-refractivity contribution < 1.29 is 0 Å². The quantitative estimate of drug-likeness (QED) is 0.894. The summed E-state index contributed by atoms with van der Waals surface area (Å²) in [5, 5.41) is 14.5. The second kappa shape index (κ2) is 5.02. The largest absolute Gasteiger partial charge is 0.308 e. The van der Waals surface area contributed by atoms with Crippen molar-refractivity contribution in [3.05, 3.63) is 10.0 Å². The fourth-order valence-electron chi connectivity index (χ4n) is 2.55. The maximum absolute atomic E-state index is 4.40. The van der Waals surface area contributed by atoms with Crippen molar-refractivity contribution in [2.24, 2.45) is 5.41 Å². The zero-order valence-electron chi connectivity index (χ0n) is 11.3. The second-order valence-corrected chi connectivity index (χ2v) is 7.10. The van der Waals surface area contributed by atoms with Crippen molar-refractivity contribution in [2.75, 3.05) is 0 Å². The first-order chi connectivity index (χ1) is 7.99. The van der Waals surface area contributed by atoms with Crippen LogP contribution >= 0.6 is 11.3 Å². The lowest BCUT2D eigenvalue weighted by Crippen LogP contribution is -2.21. The van der Waals surface area contributed by atoms with E-state index in [0.29, 0.717) is 17.4 Å². The first kappa shape index (κ1) is 13.0. The summed E-state index contributed by atoms with van der Waals surface area (Å²) in [7, 11) is 0. The highest BCUT2D eigenvalue weighted by atomic mass is 32.1. The summed E-state index contributed by atoms with van der Waals surface area (Å²) in [5.41, 5.74) is 0.405. The van der Waals surface area contributed by atoms with Gasteiger partial charge >= 0.3 is 0 Å². The van der Waals surface area contributed by atoms with Crippen LogP contribution in [0, 0.1) is 5.41 Å². The predicted octanol–water partition coefficient (Wildman–Crippen LogP) is 3.33. The van der Waals surface area contributed by atoms with E-state index in [1.54, 1.807) is 11.3 Å². The monoisotopic (exact) mass is 253 g/mol. The predicted molar refractivity (Wildman–Crippen MR) is 72.3 cm³/mol. The van der Waals surface area contributed by atoms with Crippen LogP contribution in [0.5, 0.6) is 0 Å². The second-order valence-electron chi connectivity index (χ2n) is 6.00. The first-order valence-electron chi connectivity index (χ1n) is 6.55. The SMILES string of the molecule is CC(C)NCc1nnc(C2CCCC2(C)C)s1. The highest BCUT2D eigenvalue weighted by Crippen LogP contribution is 2.49. The fraction of sp³-hybridized carbons (Fsp3) is 0.846. The summed E-state index contributed by atoms with van der Waals surface area (Å²) in [5.74, 6) is 0.618. The van der Waals surface area contributed by atoms with Gasteiger partial charge in [-0.25, -0.2) is 0 Å². The van der Waals surface area contributed by atoms with Crippen LogP contribution < -0.4 is 5.32 Å². The van der Waals surface area contributed by atoms with E-state index in [4.69, 9.17) is 0 Å². The van der Waals surface area contributed by atoms with E-state index in [9.17, 15) is 0 Å². The van der Waals surface area contributed by atoms with E-state index >= 15 is 0 Å². The molecular formula is C13H23N3S. The zero-order chi connectivity index (χ0) is 12.5. The molecule has 96 valence electrons. The maximum atomic E-state index is 4.40. The van der Waals surface area contributed by atoms with E-state index in [1.165, 1.54) is 24.3 Å². The molecule has 0 radical (unpaired) electrons. The van der Waals surface area contributed by atoms with Crippen LogP contribution in [0.4, 0.5) is 0 Å². The summed E-state index contributed by atoms with van der Waals surface area (Å²) < 4.78 is 0. The number of hydrogen-bond donors (Lipinski definition) is 1. The third-order valence-electron chi connectivity index (χ3n) is 3.70. The van der Waals surface area contributed by atoms with Gasteiger partial charge in [0.05, 0.1) is 0 Å². The zero-order valence-corrected chi connectivity index (χ0v) is 12.1. The van der Waals surface area contributed by atoms with E-state index in [-0.39, 0.29) is 0 Å². The van der Waals surface area contributed by atoms with Crippen molar-refractivity contribution in [1.82, 2.24) is 15.5 Å². The van der Waals surface area contributed by atoms with Gasteiger partial charge in [0.25, 0.3) is 0 Å². The minimum absolute atomic E-state index is 0.405. The van der Waals surface area contributed by atoms with Crippen LogP contribution in [0.2, 0.25) is 0 Å². The van der Waals surface area contributed by atoms with Gasteiger partial charge in [-0.15, -0.1) is 10.2 Å². The smallest absolute Gasteiger partial charge is 0.131 e. The van der Waals surface area contributed by atoms with Crippen molar-refractivity contribution in [3.8, 4) is 0 Å². The molecule has 17 heavy (non-hydrogen) atoms. The molecule has 1 saturated carbocycles. The molecule has 1 aliphatic rings. The summed E-state index contributed by atoms with van der Waals surface area (Å²) in [6.07, 6.45) is 3.92. The minimum Gasteiger partial charge on any atom is -0.308 e. The highest BCUT2D eigenvalue weighted by molar-refractivity contribution is 7.11. The molecular weight excluding hydrogens is 230 g/mol. The average molecular weight is 253 g/mol. The first-order valence-corrected chi connectivity index (χ1v) is 7.36. The Bertz CT molecular complexity index is 370. The molecule has 1 fully saturated rings. The average Bonchev–Trinajstić information content (AvgIpc) is 2.80. The molecule has 0 aliphatic heterocycles. The van der Waals surface area contributed by atoms with Gasteiger partial charge < -0.3 is 5.32 Å². The summed E-state index contributed by atoms with van der Waals surface area (Å²) in [4.78, 5) is 0. The number of nitrogens with one attached hydrogen (secondary N) is 1. The fourth-order valence-corrected chi connectivity index (χ4v) is 3.69. The summed E-state index contributed by atoms with van der Waals surface area (Å²) in [6.45, 7) is 9.88. The van der Waals surface area contributed by atoms with Gasteiger partial charge in [-0.1, -0.05) is 45.5 Å². The Labute approximate surface area is 108 Å². The highest BCUT2D eigenvalue weighted by Gasteiger charge is 2.37. The molecule has 0 saturated heterocycles. The molecule has 1 aromatic heterocycles. The van der Waals surface area contributed by atoms with E-state index in [0.717, 1.165) is 11.6 Å². The molecule has 1 N–H and O–H groups in total. The number of hydrogen-bond acceptors (Lipinski definition) is 4. The topological polar surface area (TPSA) is 37.8 Å². The van der Waals surface area contributed by atoms with Gasteiger partial charge in [0, 0.05) is 18.5 Å². The molecule has 0 aromatic carbocycles. The Hall–Kier alpha value is -0.480. The molecule has 1 unspecified atom stereocenters. The molecule has 0 spiro atoms. The van der Waals surface area contributed by atoms with E-state index < -0.39 is 0 Å². The van der Waals surface area contributed by atoms with Crippen LogP contribution in [0.3, 0.4) is 0 Å². The Morgan fingerprint density at radius 2 is 2.18 bits per heavy atom. The van der Waals surface area contributed by atoms with Gasteiger partial charge in [-0.2, -0.15) is 0 Å². The van der Waals surface area contributed by atoms with Crippen molar-refractivity contribution in [2.45, 2.75) is 65.5 Å². The molecule has 2 rings (SSSR count). The van der Waals surface area contributed by atoms with Crippen molar-refractivity contribution in [1.29, 1.82) is 0 Å². The van der Waals surface area contributed by atoms with Gasteiger partial charge in [0.2, 0.25) is 0 Å². The number of rotatable bonds is 4. The molecule has 3 nitrogen and oxygen atoms in total. The Morgan fingerprint density at radius 3 is 2.76 bits per heavy atom. The minimum atomic E-state index is 0.405. The molecule has 0 bridgehead atoms. The third-order valence-corrected chi connectivity index (χ3v) is 4.74. The normalized spacial score (nSPS) is 23.5. The van der Waals surface area contributed by atoms with E-state index in [2.05, 4.69) is 43.2 Å². The van der Waals surface area contributed by atoms with Crippen LogP contribution in [-0.4, -0.2) is 16.2 Å². The lowest BCUT2D eigenvalue weighted by Gasteiger charge is -2.24.